The number of nitrogens with one attached hydrogen (secondary N) is 2. The molecule has 5 rings (SSSR count). The number of benzene rings is 1. The van der Waals surface area contributed by atoms with Gasteiger partial charge in [-0.05, 0) is 37.8 Å². The van der Waals surface area contributed by atoms with Gasteiger partial charge in [0.25, 0.3) is 5.91 Å². The van der Waals surface area contributed by atoms with Crippen molar-refractivity contribution < 1.29 is 40.3 Å². The Morgan fingerprint density at radius 1 is 1.25 bits per heavy atom. The van der Waals surface area contributed by atoms with E-state index in [1.807, 2.05) is 5.32 Å². The summed E-state index contributed by atoms with van der Waals surface area (Å²) in [7, 11) is 0. The van der Waals surface area contributed by atoms with E-state index in [2.05, 4.69) is 15.4 Å². The Labute approximate surface area is 223 Å². The molecule has 3 amide bonds. The molecule has 216 valence electrons. The fraction of sp³-hybridized carbons (Fsp3) is 0.520. The van der Waals surface area contributed by atoms with E-state index in [0.29, 0.717) is 6.54 Å². The van der Waals surface area contributed by atoms with E-state index in [1.54, 1.807) is 6.92 Å². The number of amides is 3. The normalized spacial score (nSPS) is 20.6. The van der Waals surface area contributed by atoms with Crippen LogP contribution in [0.3, 0.4) is 0 Å². The van der Waals surface area contributed by atoms with Crippen molar-refractivity contribution in [2.45, 2.75) is 69.9 Å². The zero-order valence-corrected chi connectivity index (χ0v) is 21.3. The van der Waals surface area contributed by atoms with Gasteiger partial charge < -0.3 is 20.0 Å². The van der Waals surface area contributed by atoms with Gasteiger partial charge in [0.2, 0.25) is 11.8 Å². The van der Waals surface area contributed by atoms with Crippen LogP contribution in [-0.4, -0.2) is 56.3 Å². The third kappa shape index (κ3) is 5.45. The number of aryl methyl sites for hydroxylation is 1. The van der Waals surface area contributed by atoms with Crippen LogP contribution in [0.4, 0.5) is 31.1 Å². The van der Waals surface area contributed by atoms with Gasteiger partial charge in [-0.3, -0.25) is 9.48 Å². The summed E-state index contributed by atoms with van der Waals surface area (Å²) in [4.78, 5) is 30.2. The van der Waals surface area contributed by atoms with Crippen LogP contribution in [0.5, 0.6) is 0 Å². The molecule has 9 nitrogen and oxygen atoms in total. The molecule has 1 saturated heterocycles. The lowest BCUT2D eigenvalue weighted by Crippen LogP contribution is -2.40. The largest absolute Gasteiger partial charge is 0.438 e. The highest BCUT2D eigenvalue weighted by Crippen LogP contribution is 2.42. The third-order valence-corrected chi connectivity index (χ3v) is 7.37. The Morgan fingerprint density at radius 3 is 2.62 bits per heavy atom. The van der Waals surface area contributed by atoms with Crippen LogP contribution in [0.15, 0.2) is 28.8 Å². The maximum absolute atomic E-state index is 15.5. The fourth-order valence-corrected chi connectivity index (χ4v) is 5.16. The van der Waals surface area contributed by atoms with Crippen LogP contribution in [0.1, 0.15) is 60.6 Å². The number of hydrogen-bond acceptors (Lipinski definition) is 5. The zero-order valence-electron chi connectivity index (χ0n) is 21.3. The number of nitrogens with zero attached hydrogens (tertiary/aromatic N) is 4. The number of urea groups is 1. The number of rotatable bonds is 7. The van der Waals surface area contributed by atoms with E-state index in [0.717, 1.165) is 4.90 Å². The number of carbonyl (C=O) groups excluding carboxylic acids is 2. The van der Waals surface area contributed by atoms with Gasteiger partial charge in [-0.15, -0.1) is 0 Å². The van der Waals surface area contributed by atoms with Gasteiger partial charge in [0.15, 0.2) is 11.4 Å². The number of halogens is 6. The van der Waals surface area contributed by atoms with Crippen LogP contribution in [0.25, 0.3) is 11.1 Å². The molecule has 2 fully saturated rings. The number of fused-ring (bicyclic) bond motifs is 1. The van der Waals surface area contributed by atoms with Gasteiger partial charge in [-0.2, -0.15) is 18.3 Å². The van der Waals surface area contributed by atoms with Crippen molar-refractivity contribution in [3.05, 3.63) is 47.4 Å². The predicted molar refractivity (Wildman–Crippen MR) is 128 cm³/mol. The third-order valence-electron chi connectivity index (χ3n) is 7.37. The number of aromatic nitrogens is 3. The van der Waals surface area contributed by atoms with E-state index < -0.39 is 73.8 Å². The van der Waals surface area contributed by atoms with E-state index in [9.17, 15) is 31.5 Å². The molecule has 1 aliphatic carbocycles. The minimum absolute atomic E-state index is 0.00530. The Hall–Kier alpha value is -3.78. The molecule has 40 heavy (non-hydrogen) atoms. The molecule has 2 aromatic heterocycles. The first-order valence-electron chi connectivity index (χ1n) is 12.8. The molecule has 0 spiro atoms. The SMILES string of the molecule is CCn1nccc1C(=O)NC(c1nc2c(F)c(CN3CC(C(F)(F)F)NC3=O)ccc2o1)C1CCC(F)(F)CC1. The van der Waals surface area contributed by atoms with Gasteiger partial charge in [-0.25, -0.2) is 22.9 Å². The predicted octanol–water partition coefficient (Wildman–Crippen LogP) is 4.94. The van der Waals surface area contributed by atoms with Gasteiger partial charge in [-0.1, -0.05) is 6.07 Å². The van der Waals surface area contributed by atoms with E-state index >= 15 is 4.39 Å². The highest BCUT2D eigenvalue weighted by atomic mass is 19.4. The maximum Gasteiger partial charge on any atom is 0.410 e. The summed E-state index contributed by atoms with van der Waals surface area (Å²) in [6.07, 6.45) is -3.88. The molecule has 3 aromatic rings. The van der Waals surface area contributed by atoms with Gasteiger partial charge in [0.1, 0.15) is 23.3 Å². The Morgan fingerprint density at radius 2 is 1.98 bits per heavy atom. The van der Waals surface area contributed by atoms with Crippen molar-refractivity contribution >= 4 is 23.0 Å². The van der Waals surface area contributed by atoms with Crippen LogP contribution in [0.2, 0.25) is 0 Å². The number of oxazole rings is 1. The summed E-state index contributed by atoms with van der Waals surface area (Å²) < 4.78 is 89.6. The van der Waals surface area contributed by atoms with Crippen LogP contribution in [-0.2, 0) is 13.1 Å². The second-order valence-corrected chi connectivity index (χ2v) is 10.0. The van der Waals surface area contributed by atoms with Crippen molar-refractivity contribution in [3.63, 3.8) is 0 Å². The molecular formula is C25H26F6N6O3. The van der Waals surface area contributed by atoms with E-state index in [1.165, 1.54) is 29.1 Å². The molecule has 0 bridgehead atoms. The molecule has 3 heterocycles. The van der Waals surface area contributed by atoms with Crippen LogP contribution < -0.4 is 10.6 Å². The van der Waals surface area contributed by atoms with Crippen molar-refractivity contribution in [2.24, 2.45) is 5.92 Å². The Bertz CT molecular complexity index is 1410. The van der Waals surface area contributed by atoms with E-state index in [4.69, 9.17) is 4.42 Å². The van der Waals surface area contributed by atoms with E-state index in [-0.39, 0.29) is 41.1 Å². The Kier molecular flexibility index (Phi) is 7.17. The first kappa shape index (κ1) is 27.8. The van der Waals surface area contributed by atoms with Gasteiger partial charge in [0.05, 0.1) is 13.1 Å². The average Bonchev–Trinajstić information content (AvgIpc) is 3.63. The molecule has 15 heteroatoms. The quantitative estimate of drug-likeness (QED) is 0.391. The number of carbonyl (C=O) groups is 2. The molecule has 0 radical (unpaired) electrons. The van der Waals surface area contributed by atoms with Crippen LogP contribution >= 0.6 is 0 Å². The molecular weight excluding hydrogens is 546 g/mol. The highest BCUT2D eigenvalue weighted by molar-refractivity contribution is 5.92. The summed E-state index contributed by atoms with van der Waals surface area (Å²) in [5, 5.41) is 8.68. The van der Waals surface area contributed by atoms with Gasteiger partial charge in [0, 0.05) is 31.1 Å². The molecule has 1 saturated carbocycles. The summed E-state index contributed by atoms with van der Waals surface area (Å²) in [6.45, 7) is 1.08. The number of hydrogen-bond donors (Lipinski definition) is 2. The van der Waals surface area contributed by atoms with Crippen molar-refractivity contribution in [1.82, 2.24) is 30.3 Å². The molecule has 1 aromatic carbocycles. The lowest BCUT2D eigenvalue weighted by Gasteiger charge is -2.32. The second-order valence-electron chi connectivity index (χ2n) is 10.0. The number of alkyl halides is 5. The fourth-order valence-electron chi connectivity index (χ4n) is 5.16. The van der Waals surface area contributed by atoms with Crippen molar-refractivity contribution in [2.75, 3.05) is 6.54 Å². The second kappa shape index (κ2) is 10.3. The zero-order chi connectivity index (χ0) is 28.8. The Balaban J connectivity index is 1.43. The lowest BCUT2D eigenvalue weighted by atomic mass is 9.82. The molecule has 2 unspecified atom stereocenters. The average molecular weight is 573 g/mol. The minimum atomic E-state index is -4.65. The molecule has 2 N–H and O–H groups in total. The first-order chi connectivity index (χ1) is 18.9. The monoisotopic (exact) mass is 572 g/mol. The topological polar surface area (TPSA) is 105 Å². The van der Waals surface area contributed by atoms with Crippen molar-refractivity contribution in [1.29, 1.82) is 0 Å². The molecule has 2 aliphatic rings. The standard InChI is InChI=1S/C25H26F6N6O3/c1-2-37-15(7-10-32-37)21(38)34-19(13-5-8-24(27,28)9-6-13)22-35-20-16(40-22)4-3-14(18(20)26)11-36-12-17(25(29,30)31)33-23(36)39/h3-4,7,10,13,17,19H,2,5-6,8-9,11-12H2,1H3,(H,33,39)(H,34,38). The summed E-state index contributed by atoms with van der Waals surface area (Å²) in [5.41, 5.74) is -0.109. The lowest BCUT2D eigenvalue weighted by molar-refractivity contribution is -0.149. The van der Waals surface area contributed by atoms with Crippen molar-refractivity contribution in [3.8, 4) is 0 Å². The summed E-state index contributed by atoms with van der Waals surface area (Å²) in [5.74, 6) is -4.84. The summed E-state index contributed by atoms with van der Waals surface area (Å²) in [6, 6.07) is 0.124. The maximum atomic E-state index is 15.5. The summed E-state index contributed by atoms with van der Waals surface area (Å²) >= 11 is 0. The smallest absolute Gasteiger partial charge is 0.410 e. The van der Waals surface area contributed by atoms with Gasteiger partial charge >= 0.3 is 12.2 Å². The van der Waals surface area contributed by atoms with Crippen LogP contribution in [0, 0.1) is 11.7 Å². The first-order valence-corrected chi connectivity index (χ1v) is 12.8. The minimum Gasteiger partial charge on any atom is -0.438 e. The molecule has 2 atom stereocenters. The highest BCUT2D eigenvalue weighted by Gasteiger charge is 2.47. The molecule has 1 aliphatic heterocycles.